The van der Waals surface area contributed by atoms with Crippen molar-refractivity contribution in [3.63, 3.8) is 0 Å². The zero-order chi connectivity index (χ0) is 26.1. The summed E-state index contributed by atoms with van der Waals surface area (Å²) in [6.45, 7) is 6.30. The molecule has 0 aliphatic rings. The Morgan fingerprint density at radius 1 is 0.947 bits per heavy atom. The second-order valence-electron chi connectivity index (χ2n) is 9.44. The van der Waals surface area contributed by atoms with E-state index in [0.29, 0.717) is 0 Å². The number of fused-ring (bicyclic) bond motifs is 2. The van der Waals surface area contributed by atoms with E-state index in [1.807, 2.05) is 36.5 Å². The summed E-state index contributed by atoms with van der Waals surface area (Å²) in [6, 6.07) is 18.8. The van der Waals surface area contributed by atoms with Crippen LogP contribution in [-0.2, 0) is 0 Å². The predicted molar refractivity (Wildman–Crippen MR) is 152 cm³/mol. The fraction of sp³-hybridized carbons (Fsp3) is 0.129. The highest BCUT2D eigenvalue weighted by Gasteiger charge is 2.15. The van der Waals surface area contributed by atoms with E-state index in [2.05, 4.69) is 50.0 Å². The summed E-state index contributed by atoms with van der Waals surface area (Å²) in [4.78, 5) is 12.6. The van der Waals surface area contributed by atoms with Gasteiger partial charge in [-0.3, -0.25) is 15.1 Å². The van der Waals surface area contributed by atoms with Crippen molar-refractivity contribution in [1.29, 1.82) is 0 Å². The summed E-state index contributed by atoms with van der Waals surface area (Å²) in [5.41, 5.74) is 9.09. The number of pyridine rings is 2. The largest absolute Gasteiger partial charge is 0.358 e. The van der Waals surface area contributed by atoms with E-state index in [9.17, 15) is 4.39 Å². The Hall–Kier alpha value is -4.78. The summed E-state index contributed by atoms with van der Waals surface area (Å²) < 4.78 is 13.5. The lowest BCUT2D eigenvalue weighted by Gasteiger charge is -2.10. The molecule has 0 radical (unpaired) electrons. The Bertz CT molecular complexity index is 1760. The topological polar surface area (TPSA) is 82.3 Å². The van der Waals surface area contributed by atoms with Crippen LogP contribution in [0.1, 0.15) is 26.2 Å². The monoisotopic (exact) mass is 502 g/mol. The maximum Gasteiger partial charge on any atom is 0.123 e. The van der Waals surface area contributed by atoms with E-state index in [-0.39, 0.29) is 5.82 Å². The molecule has 0 aliphatic heterocycles. The molecule has 0 atom stereocenters. The highest BCUT2D eigenvalue weighted by Crippen LogP contribution is 2.35. The first-order valence-corrected chi connectivity index (χ1v) is 12.7. The third-order valence-corrected chi connectivity index (χ3v) is 6.71. The van der Waals surface area contributed by atoms with E-state index < -0.39 is 0 Å². The predicted octanol–water partition coefficient (Wildman–Crippen LogP) is 8.09. The second kappa shape index (κ2) is 9.94. The Labute approximate surface area is 219 Å². The van der Waals surface area contributed by atoms with Gasteiger partial charge in [-0.15, -0.1) is 0 Å². The van der Waals surface area contributed by atoms with Gasteiger partial charge in [0.05, 0.1) is 35.0 Å². The number of H-pyrrole nitrogens is 2. The number of rotatable bonds is 8. The maximum atomic E-state index is 13.5. The van der Waals surface area contributed by atoms with Gasteiger partial charge in [-0.2, -0.15) is 5.10 Å². The van der Waals surface area contributed by atoms with Crippen LogP contribution in [-0.4, -0.2) is 25.1 Å². The lowest BCUT2D eigenvalue weighted by Crippen LogP contribution is -1.99. The normalized spacial score (nSPS) is 11.3. The molecule has 0 aliphatic carbocycles. The molecule has 6 aromatic rings. The van der Waals surface area contributed by atoms with Crippen LogP contribution in [0.5, 0.6) is 0 Å². The van der Waals surface area contributed by atoms with Crippen LogP contribution in [0, 0.1) is 5.82 Å². The quantitative estimate of drug-likeness (QED) is 0.196. The summed E-state index contributed by atoms with van der Waals surface area (Å²) in [7, 11) is 0. The third-order valence-electron chi connectivity index (χ3n) is 6.71. The molecular formula is C31H27FN6. The molecule has 0 unspecified atom stereocenters. The van der Waals surface area contributed by atoms with E-state index in [1.54, 1.807) is 24.5 Å². The van der Waals surface area contributed by atoms with Crippen LogP contribution in [0.4, 0.5) is 10.1 Å². The van der Waals surface area contributed by atoms with Gasteiger partial charge >= 0.3 is 0 Å². The van der Waals surface area contributed by atoms with Gasteiger partial charge in [0, 0.05) is 33.7 Å². The van der Waals surface area contributed by atoms with Crippen molar-refractivity contribution in [2.24, 2.45) is 0 Å². The Balaban J connectivity index is 1.37. The number of aromatic amines is 2. The molecule has 0 spiro atoms. The number of anilines is 1. The summed E-state index contributed by atoms with van der Waals surface area (Å²) in [5, 5.41) is 13.1. The number of allylic oxidation sites excluding steroid dienone is 1. The number of hydrogen-bond donors (Lipinski definition) is 3. The van der Waals surface area contributed by atoms with E-state index in [0.717, 1.165) is 86.2 Å². The molecule has 0 saturated carbocycles. The first-order chi connectivity index (χ1) is 18.6. The van der Waals surface area contributed by atoms with Gasteiger partial charge in [0.25, 0.3) is 0 Å². The van der Waals surface area contributed by atoms with Crippen molar-refractivity contribution in [3.05, 3.63) is 97.3 Å². The summed E-state index contributed by atoms with van der Waals surface area (Å²) >= 11 is 0. The van der Waals surface area contributed by atoms with Crippen LogP contribution in [0.2, 0.25) is 0 Å². The minimum Gasteiger partial charge on any atom is -0.358 e. The molecule has 0 bridgehead atoms. The van der Waals surface area contributed by atoms with Gasteiger partial charge in [-0.1, -0.05) is 44.2 Å². The molecule has 6 rings (SSSR count). The van der Waals surface area contributed by atoms with E-state index in [1.165, 1.54) is 12.1 Å². The van der Waals surface area contributed by atoms with Crippen molar-refractivity contribution >= 4 is 27.5 Å². The van der Waals surface area contributed by atoms with Crippen molar-refractivity contribution in [2.45, 2.75) is 26.2 Å². The van der Waals surface area contributed by atoms with Gasteiger partial charge in [-0.25, -0.2) is 4.39 Å². The Morgan fingerprint density at radius 2 is 1.82 bits per heavy atom. The van der Waals surface area contributed by atoms with Crippen LogP contribution < -0.4 is 5.32 Å². The summed E-state index contributed by atoms with van der Waals surface area (Å²) in [6.07, 6.45) is 8.56. The molecule has 2 aromatic carbocycles. The first-order valence-electron chi connectivity index (χ1n) is 12.7. The molecule has 0 fully saturated rings. The van der Waals surface area contributed by atoms with Crippen molar-refractivity contribution in [1.82, 2.24) is 25.1 Å². The van der Waals surface area contributed by atoms with Gasteiger partial charge in [0.1, 0.15) is 11.5 Å². The van der Waals surface area contributed by atoms with Crippen LogP contribution >= 0.6 is 0 Å². The highest BCUT2D eigenvalue weighted by molar-refractivity contribution is 6.01. The third kappa shape index (κ3) is 4.54. The number of hydrogen-bond acceptors (Lipinski definition) is 4. The summed E-state index contributed by atoms with van der Waals surface area (Å²) in [5.74, 6) is -0.249. The molecular weight excluding hydrogens is 475 g/mol. The Kier molecular flexibility index (Phi) is 6.17. The maximum absolute atomic E-state index is 13.5. The fourth-order valence-electron chi connectivity index (χ4n) is 4.75. The highest BCUT2D eigenvalue weighted by atomic mass is 19.1. The van der Waals surface area contributed by atoms with Gasteiger partial charge < -0.3 is 10.3 Å². The average Bonchev–Trinajstić information content (AvgIpc) is 3.56. The second-order valence-corrected chi connectivity index (χ2v) is 9.44. The molecule has 38 heavy (non-hydrogen) atoms. The minimum atomic E-state index is -0.249. The number of nitrogens with zero attached hydrogens (tertiary/aromatic N) is 3. The molecule has 0 amide bonds. The number of aromatic nitrogens is 5. The molecule has 6 nitrogen and oxygen atoms in total. The zero-order valence-corrected chi connectivity index (χ0v) is 21.1. The average molecular weight is 503 g/mol. The fourth-order valence-corrected chi connectivity index (χ4v) is 4.75. The molecule has 4 aromatic heterocycles. The zero-order valence-electron chi connectivity index (χ0n) is 21.1. The van der Waals surface area contributed by atoms with Crippen molar-refractivity contribution in [2.75, 3.05) is 5.32 Å². The number of unbranched alkanes of at least 4 members (excludes halogenated alkanes) is 1. The van der Waals surface area contributed by atoms with Gasteiger partial charge in [0.2, 0.25) is 0 Å². The van der Waals surface area contributed by atoms with Crippen molar-refractivity contribution in [3.8, 4) is 33.8 Å². The Morgan fingerprint density at radius 3 is 2.66 bits per heavy atom. The minimum absolute atomic E-state index is 0.249. The molecule has 7 heteroatoms. The lowest BCUT2D eigenvalue weighted by atomic mass is 10.0. The smallest absolute Gasteiger partial charge is 0.123 e. The molecule has 3 N–H and O–H groups in total. The van der Waals surface area contributed by atoms with E-state index in [4.69, 9.17) is 0 Å². The van der Waals surface area contributed by atoms with Gasteiger partial charge in [0.15, 0.2) is 0 Å². The molecule has 0 saturated heterocycles. The van der Waals surface area contributed by atoms with Crippen molar-refractivity contribution < 1.29 is 4.39 Å². The van der Waals surface area contributed by atoms with Crippen LogP contribution in [0.25, 0.3) is 55.6 Å². The molecule has 4 heterocycles. The van der Waals surface area contributed by atoms with E-state index >= 15 is 0 Å². The van der Waals surface area contributed by atoms with Crippen LogP contribution in [0.3, 0.4) is 0 Å². The number of halogens is 1. The molecule has 188 valence electrons. The van der Waals surface area contributed by atoms with Gasteiger partial charge in [-0.05, 0) is 60.4 Å². The number of benzene rings is 2. The standard InChI is InChI=1S/C31H27FN6/c1-3-4-6-19(2)35-23-13-21(16-33-17-23)28-15-26-30(18-34-28)37-38-31(26)29-14-25-24(7-5-8-27(25)36-29)20-9-11-22(32)12-10-20/h5,7-18,35-36H,2-4,6H2,1H3,(H,37,38). The first kappa shape index (κ1) is 23.6. The van der Waals surface area contributed by atoms with Crippen LogP contribution in [0.15, 0.2) is 91.5 Å². The SMILES string of the molecule is C=C(CCCC)Nc1cncc(-c2cc3c(-c4cc5c(-c6ccc(F)cc6)cccc5[nH]4)n[nH]c3cn2)c1. The lowest BCUT2D eigenvalue weighted by molar-refractivity contribution is 0.628. The number of nitrogens with one attached hydrogen (secondary N) is 3.